The van der Waals surface area contributed by atoms with Gasteiger partial charge in [0.1, 0.15) is 5.75 Å². The summed E-state index contributed by atoms with van der Waals surface area (Å²) in [6.07, 6.45) is 1.49. The highest BCUT2D eigenvalue weighted by Crippen LogP contribution is 2.34. The van der Waals surface area contributed by atoms with E-state index in [4.69, 9.17) is 5.11 Å². The average molecular weight is 271 g/mol. The van der Waals surface area contributed by atoms with Crippen molar-refractivity contribution in [3.63, 3.8) is 0 Å². The maximum Gasteiger partial charge on any atom is 0.335 e. The summed E-state index contributed by atoms with van der Waals surface area (Å²) in [5, 5.41) is 19.4. The van der Waals surface area contributed by atoms with Gasteiger partial charge in [0.2, 0.25) is 0 Å². The van der Waals surface area contributed by atoms with E-state index in [1.54, 1.807) is 18.2 Å². The van der Waals surface area contributed by atoms with Crippen LogP contribution in [0.3, 0.4) is 0 Å². The van der Waals surface area contributed by atoms with Gasteiger partial charge in [-0.25, -0.2) is 4.79 Å². The maximum atomic E-state index is 10.9. The van der Waals surface area contributed by atoms with Gasteiger partial charge in [0.25, 0.3) is 0 Å². The highest BCUT2D eigenvalue weighted by atomic mass is 32.1. The Balaban J connectivity index is 2.13. The summed E-state index contributed by atoms with van der Waals surface area (Å²) in [6, 6.07) is 10.1. The van der Waals surface area contributed by atoms with Crippen molar-refractivity contribution in [3.8, 4) is 16.3 Å². The molecule has 2 heterocycles. The van der Waals surface area contributed by atoms with Crippen LogP contribution in [0.4, 0.5) is 0 Å². The van der Waals surface area contributed by atoms with Crippen LogP contribution in [0.15, 0.2) is 42.6 Å². The summed E-state index contributed by atoms with van der Waals surface area (Å²) in [4.78, 5) is 16.0. The highest BCUT2D eigenvalue weighted by Gasteiger charge is 2.09. The lowest BCUT2D eigenvalue weighted by Gasteiger charge is -1.97. The number of hydrogen-bond donors (Lipinski definition) is 2. The molecule has 0 saturated carbocycles. The number of aromatic nitrogens is 1. The molecule has 0 atom stereocenters. The summed E-state index contributed by atoms with van der Waals surface area (Å²) in [5.74, 6) is -0.754. The Labute approximate surface area is 112 Å². The molecule has 2 N–H and O–H groups in total. The molecular weight excluding hydrogens is 262 g/mol. The van der Waals surface area contributed by atoms with Gasteiger partial charge in [-0.15, -0.1) is 11.3 Å². The number of carboxylic acid groups (broad SMARTS) is 1. The average Bonchev–Trinajstić information content (AvgIpc) is 2.81. The molecule has 5 heteroatoms. The molecule has 0 amide bonds. The van der Waals surface area contributed by atoms with Gasteiger partial charge in [0.15, 0.2) is 0 Å². The predicted molar refractivity (Wildman–Crippen MR) is 73.7 cm³/mol. The smallest absolute Gasteiger partial charge is 0.335 e. The van der Waals surface area contributed by atoms with Crippen molar-refractivity contribution in [3.05, 3.63) is 48.2 Å². The molecule has 3 aromatic rings. The topological polar surface area (TPSA) is 70.4 Å². The van der Waals surface area contributed by atoms with Crippen molar-refractivity contribution in [1.29, 1.82) is 0 Å². The van der Waals surface area contributed by atoms with E-state index in [1.165, 1.54) is 23.6 Å². The van der Waals surface area contributed by atoms with Gasteiger partial charge in [0, 0.05) is 10.9 Å². The van der Waals surface area contributed by atoms with E-state index in [1.807, 2.05) is 12.1 Å². The van der Waals surface area contributed by atoms with Gasteiger partial charge in [0.05, 0.1) is 16.1 Å². The number of nitrogens with zero attached hydrogens (tertiary/aromatic N) is 1. The Morgan fingerprint density at radius 3 is 2.79 bits per heavy atom. The monoisotopic (exact) mass is 271 g/mol. The fraction of sp³-hybridized carbons (Fsp3) is 0. The fourth-order valence-electron chi connectivity index (χ4n) is 1.84. The van der Waals surface area contributed by atoms with Crippen LogP contribution in [0.5, 0.6) is 5.75 Å². The molecule has 0 radical (unpaired) electrons. The Morgan fingerprint density at radius 2 is 2.00 bits per heavy atom. The number of carboxylic acids is 1. The minimum atomic E-state index is -0.970. The molecule has 94 valence electrons. The summed E-state index contributed by atoms with van der Waals surface area (Å²) in [5.41, 5.74) is 0.839. The SMILES string of the molecule is O=C(O)c1ccnc(-c2cc3ccc(O)cc3s2)c1. The van der Waals surface area contributed by atoms with E-state index in [2.05, 4.69) is 4.98 Å². The number of thiophene rings is 1. The van der Waals surface area contributed by atoms with Crippen molar-refractivity contribution in [1.82, 2.24) is 4.98 Å². The van der Waals surface area contributed by atoms with Gasteiger partial charge < -0.3 is 10.2 Å². The van der Waals surface area contributed by atoms with Crippen LogP contribution in [-0.4, -0.2) is 21.2 Å². The lowest BCUT2D eigenvalue weighted by molar-refractivity contribution is 0.0697. The molecule has 1 aromatic carbocycles. The normalized spacial score (nSPS) is 10.7. The van der Waals surface area contributed by atoms with Gasteiger partial charge in [-0.1, -0.05) is 0 Å². The zero-order valence-electron chi connectivity index (χ0n) is 9.70. The van der Waals surface area contributed by atoms with E-state index in [9.17, 15) is 9.90 Å². The van der Waals surface area contributed by atoms with E-state index < -0.39 is 5.97 Å². The first-order valence-electron chi connectivity index (χ1n) is 5.56. The number of benzene rings is 1. The van der Waals surface area contributed by atoms with Crippen LogP contribution in [-0.2, 0) is 0 Å². The molecule has 3 rings (SSSR count). The lowest BCUT2D eigenvalue weighted by Crippen LogP contribution is -1.96. The number of fused-ring (bicyclic) bond motifs is 1. The zero-order chi connectivity index (χ0) is 13.4. The molecule has 0 aliphatic rings. The summed E-state index contributed by atoms with van der Waals surface area (Å²) < 4.78 is 0.942. The van der Waals surface area contributed by atoms with E-state index in [0.29, 0.717) is 5.69 Å². The molecule has 4 nitrogen and oxygen atoms in total. The third kappa shape index (κ3) is 2.15. The second kappa shape index (κ2) is 4.37. The summed E-state index contributed by atoms with van der Waals surface area (Å²) in [7, 11) is 0. The number of carbonyl (C=O) groups is 1. The number of aromatic carboxylic acids is 1. The third-order valence-electron chi connectivity index (χ3n) is 2.76. The molecule has 0 bridgehead atoms. The van der Waals surface area contributed by atoms with Crippen LogP contribution in [0.2, 0.25) is 0 Å². The van der Waals surface area contributed by atoms with Crippen molar-refractivity contribution in [2.75, 3.05) is 0 Å². The molecule has 2 aromatic heterocycles. The van der Waals surface area contributed by atoms with Crippen LogP contribution in [0, 0.1) is 0 Å². The third-order valence-corrected chi connectivity index (χ3v) is 3.88. The number of phenolic OH excluding ortho intramolecular Hbond substituents is 1. The van der Waals surface area contributed by atoms with E-state index >= 15 is 0 Å². The quantitative estimate of drug-likeness (QED) is 0.749. The Kier molecular flexibility index (Phi) is 2.68. The summed E-state index contributed by atoms with van der Waals surface area (Å²) >= 11 is 1.47. The first kappa shape index (κ1) is 11.7. The number of hydrogen-bond acceptors (Lipinski definition) is 4. The van der Waals surface area contributed by atoms with E-state index in [-0.39, 0.29) is 11.3 Å². The Hall–Kier alpha value is -2.40. The lowest BCUT2D eigenvalue weighted by atomic mass is 10.2. The predicted octanol–water partition coefficient (Wildman–Crippen LogP) is 3.37. The van der Waals surface area contributed by atoms with Gasteiger partial charge in [-0.05, 0) is 41.8 Å². The molecule has 0 spiro atoms. The largest absolute Gasteiger partial charge is 0.508 e. The first-order chi connectivity index (χ1) is 9.13. The van der Waals surface area contributed by atoms with Crippen LogP contribution < -0.4 is 0 Å². The molecule has 0 fully saturated rings. The van der Waals surface area contributed by atoms with Crippen molar-refractivity contribution < 1.29 is 15.0 Å². The second-order valence-electron chi connectivity index (χ2n) is 4.07. The van der Waals surface area contributed by atoms with Crippen LogP contribution in [0.1, 0.15) is 10.4 Å². The highest BCUT2D eigenvalue weighted by molar-refractivity contribution is 7.22. The second-order valence-corrected chi connectivity index (χ2v) is 5.15. The molecule has 0 aliphatic heterocycles. The molecule has 0 unspecified atom stereocenters. The minimum Gasteiger partial charge on any atom is -0.508 e. The zero-order valence-corrected chi connectivity index (χ0v) is 10.5. The summed E-state index contributed by atoms with van der Waals surface area (Å²) in [6.45, 7) is 0. The van der Waals surface area contributed by atoms with Crippen LogP contribution in [0.25, 0.3) is 20.7 Å². The van der Waals surface area contributed by atoms with Gasteiger partial charge in [-0.2, -0.15) is 0 Å². The maximum absolute atomic E-state index is 10.9. The standard InChI is InChI=1S/C14H9NO3S/c16-10-2-1-8-6-13(19-12(8)7-10)11-5-9(14(17)18)3-4-15-11/h1-7,16H,(H,17,18). The van der Waals surface area contributed by atoms with Crippen molar-refractivity contribution >= 4 is 27.4 Å². The number of pyridine rings is 1. The van der Waals surface area contributed by atoms with Crippen LogP contribution >= 0.6 is 11.3 Å². The van der Waals surface area contributed by atoms with Gasteiger partial charge in [-0.3, -0.25) is 4.98 Å². The van der Waals surface area contributed by atoms with Crippen molar-refractivity contribution in [2.45, 2.75) is 0 Å². The van der Waals surface area contributed by atoms with E-state index in [0.717, 1.165) is 15.0 Å². The molecule has 0 saturated heterocycles. The molecular formula is C14H9NO3S. The van der Waals surface area contributed by atoms with Gasteiger partial charge >= 0.3 is 5.97 Å². The first-order valence-corrected chi connectivity index (χ1v) is 6.37. The fourth-order valence-corrected chi connectivity index (χ4v) is 2.91. The van der Waals surface area contributed by atoms with Crippen molar-refractivity contribution in [2.24, 2.45) is 0 Å². The number of phenols is 1. The number of aromatic hydroxyl groups is 1. The Morgan fingerprint density at radius 1 is 1.16 bits per heavy atom. The minimum absolute atomic E-state index is 0.213. The molecule has 0 aliphatic carbocycles. The number of rotatable bonds is 2. The Bertz CT molecular complexity index is 779. The molecule has 19 heavy (non-hydrogen) atoms.